The van der Waals surface area contributed by atoms with Crippen LogP contribution in [0.25, 0.3) is 0 Å². The number of likely N-dealkylation sites (tertiary alicyclic amines) is 1. The zero-order valence-electron chi connectivity index (χ0n) is 16.9. The lowest BCUT2D eigenvalue weighted by molar-refractivity contribution is 0.315. The second-order valence-corrected chi connectivity index (χ2v) is 7.39. The average Bonchev–Trinajstić information content (AvgIpc) is 3.31. The van der Waals surface area contributed by atoms with Crippen LogP contribution >= 0.6 is 0 Å². The lowest BCUT2D eigenvalue weighted by Crippen LogP contribution is -2.41. The average molecular weight is 370 g/mol. The highest BCUT2D eigenvalue weighted by molar-refractivity contribution is 5.80. The first-order valence-corrected chi connectivity index (χ1v) is 9.74. The molecule has 6 nitrogen and oxygen atoms in total. The minimum atomic E-state index is 0.455. The molecule has 1 atom stereocenters. The van der Waals surface area contributed by atoms with Gasteiger partial charge in [0.25, 0.3) is 0 Å². The molecule has 0 amide bonds. The van der Waals surface area contributed by atoms with Crippen molar-refractivity contribution in [3.05, 3.63) is 47.8 Å². The molecule has 3 rings (SSSR count). The topological polar surface area (TPSA) is 54.7 Å². The normalized spacial score (nSPS) is 17.6. The number of nitrogens with one attached hydrogen (secondary N) is 1. The number of aromatic nitrogens is 2. The third kappa shape index (κ3) is 4.81. The Morgan fingerprint density at radius 3 is 2.89 bits per heavy atom. The molecule has 6 heteroatoms. The lowest BCUT2D eigenvalue weighted by atomic mass is 10.0. The van der Waals surface area contributed by atoms with Gasteiger partial charge in [-0.2, -0.15) is 5.10 Å². The molecule has 1 saturated heterocycles. The largest absolute Gasteiger partial charge is 0.491 e. The SMILES string of the molecule is CN=C(NCCOc1ccccc1C(C)C)N1CCC(c2cnn(C)c2)C1. The van der Waals surface area contributed by atoms with Crippen molar-refractivity contribution in [2.24, 2.45) is 12.0 Å². The molecule has 1 aromatic heterocycles. The van der Waals surface area contributed by atoms with E-state index >= 15 is 0 Å². The number of guanidine groups is 1. The smallest absolute Gasteiger partial charge is 0.193 e. The van der Waals surface area contributed by atoms with Crippen molar-refractivity contribution < 1.29 is 4.74 Å². The first-order valence-electron chi connectivity index (χ1n) is 9.74. The standard InChI is InChI=1S/C21H31N5O/c1-16(2)19-7-5-6-8-20(19)27-12-10-23-21(22-3)26-11-9-17(15-26)18-13-24-25(4)14-18/h5-8,13-14,16-17H,9-12,15H2,1-4H3,(H,22,23). The van der Waals surface area contributed by atoms with E-state index in [1.54, 1.807) is 0 Å². The maximum atomic E-state index is 6.00. The Morgan fingerprint density at radius 1 is 1.37 bits per heavy atom. The van der Waals surface area contributed by atoms with Crippen LogP contribution in [0.15, 0.2) is 41.7 Å². The number of rotatable bonds is 6. The van der Waals surface area contributed by atoms with Gasteiger partial charge in [0.15, 0.2) is 5.96 Å². The summed E-state index contributed by atoms with van der Waals surface area (Å²) in [6, 6.07) is 8.27. The van der Waals surface area contributed by atoms with Crippen LogP contribution in [0.3, 0.4) is 0 Å². The van der Waals surface area contributed by atoms with Gasteiger partial charge in [0.05, 0.1) is 12.7 Å². The molecule has 1 fully saturated rings. The Bertz CT molecular complexity index is 767. The van der Waals surface area contributed by atoms with Crippen LogP contribution in [0.5, 0.6) is 5.75 Å². The molecule has 146 valence electrons. The molecule has 1 unspecified atom stereocenters. The second kappa shape index (κ2) is 8.93. The summed E-state index contributed by atoms with van der Waals surface area (Å²) < 4.78 is 7.87. The first kappa shape index (κ1) is 19.3. The van der Waals surface area contributed by atoms with E-state index in [9.17, 15) is 0 Å². The van der Waals surface area contributed by atoms with Gasteiger partial charge in [0.2, 0.25) is 0 Å². The van der Waals surface area contributed by atoms with Gasteiger partial charge in [0.1, 0.15) is 12.4 Å². The second-order valence-electron chi connectivity index (χ2n) is 7.39. The van der Waals surface area contributed by atoms with E-state index in [1.165, 1.54) is 11.1 Å². The molecule has 0 radical (unpaired) electrons. The van der Waals surface area contributed by atoms with Crippen molar-refractivity contribution >= 4 is 5.96 Å². The summed E-state index contributed by atoms with van der Waals surface area (Å²) in [7, 11) is 3.81. The number of benzene rings is 1. The Morgan fingerprint density at radius 2 is 2.19 bits per heavy atom. The van der Waals surface area contributed by atoms with Gasteiger partial charge < -0.3 is 15.0 Å². The molecule has 0 bridgehead atoms. The fraction of sp³-hybridized carbons (Fsp3) is 0.524. The van der Waals surface area contributed by atoms with Crippen molar-refractivity contribution in [2.45, 2.75) is 32.1 Å². The molecule has 0 saturated carbocycles. The fourth-order valence-electron chi connectivity index (χ4n) is 3.62. The highest BCUT2D eigenvalue weighted by Crippen LogP contribution is 2.27. The van der Waals surface area contributed by atoms with E-state index in [0.29, 0.717) is 18.4 Å². The summed E-state index contributed by atoms with van der Waals surface area (Å²) >= 11 is 0. The predicted octanol–water partition coefficient (Wildman–Crippen LogP) is 2.99. The summed E-state index contributed by atoms with van der Waals surface area (Å²) in [6.07, 6.45) is 5.22. The number of nitrogens with zero attached hydrogens (tertiary/aromatic N) is 4. The molecule has 1 aromatic carbocycles. The highest BCUT2D eigenvalue weighted by Gasteiger charge is 2.26. The van der Waals surface area contributed by atoms with Crippen molar-refractivity contribution in [3.8, 4) is 5.75 Å². The monoisotopic (exact) mass is 369 g/mol. The van der Waals surface area contributed by atoms with E-state index in [-0.39, 0.29) is 0 Å². The fourth-order valence-corrected chi connectivity index (χ4v) is 3.62. The van der Waals surface area contributed by atoms with Gasteiger partial charge in [-0.1, -0.05) is 32.0 Å². The van der Waals surface area contributed by atoms with Gasteiger partial charge in [-0.3, -0.25) is 9.67 Å². The van der Waals surface area contributed by atoms with Crippen molar-refractivity contribution in [1.82, 2.24) is 20.0 Å². The highest BCUT2D eigenvalue weighted by atomic mass is 16.5. The first-order chi connectivity index (χ1) is 13.1. The zero-order chi connectivity index (χ0) is 19.2. The quantitative estimate of drug-likeness (QED) is 0.483. The minimum absolute atomic E-state index is 0.455. The third-order valence-corrected chi connectivity index (χ3v) is 5.08. The Hall–Kier alpha value is -2.50. The van der Waals surface area contributed by atoms with Crippen LogP contribution in [0.4, 0.5) is 0 Å². The molecule has 0 aliphatic carbocycles. The Balaban J connectivity index is 1.48. The Kier molecular flexibility index (Phi) is 6.37. The maximum absolute atomic E-state index is 6.00. The van der Waals surface area contributed by atoms with Gasteiger partial charge in [0, 0.05) is 39.3 Å². The number of hydrogen-bond acceptors (Lipinski definition) is 3. The van der Waals surface area contributed by atoms with E-state index in [2.05, 4.69) is 52.5 Å². The number of aryl methyl sites for hydroxylation is 1. The van der Waals surface area contributed by atoms with E-state index in [1.807, 2.05) is 37.1 Å². The summed E-state index contributed by atoms with van der Waals surface area (Å²) in [5.41, 5.74) is 2.56. The van der Waals surface area contributed by atoms with Crippen LogP contribution in [0, 0.1) is 0 Å². The van der Waals surface area contributed by atoms with Crippen LogP contribution in [0.2, 0.25) is 0 Å². The van der Waals surface area contributed by atoms with Crippen LogP contribution in [-0.4, -0.2) is 53.9 Å². The van der Waals surface area contributed by atoms with Crippen LogP contribution in [0.1, 0.15) is 43.2 Å². The molecule has 2 aromatic rings. The van der Waals surface area contributed by atoms with Crippen molar-refractivity contribution in [1.29, 1.82) is 0 Å². The predicted molar refractivity (Wildman–Crippen MR) is 110 cm³/mol. The summed E-state index contributed by atoms with van der Waals surface area (Å²) in [5.74, 6) is 2.89. The molecular weight excluding hydrogens is 338 g/mol. The summed E-state index contributed by atoms with van der Waals surface area (Å²) in [5, 5.41) is 7.73. The van der Waals surface area contributed by atoms with Crippen LogP contribution < -0.4 is 10.1 Å². The van der Waals surface area contributed by atoms with Gasteiger partial charge >= 0.3 is 0 Å². The number of ether oxygens (including phenoxy) is 1. The van der Waals surface area contributed by atoms with Gasteiger partial charge in [-0.15, -0.1) is 0 Å². The number of para-hydroxylation sites is 1. The molecule has 0 spiro atoms. The number of hydrogen-bond donors (Lipinski definition) is 1. The lowest BCUT2D eigenvalue weighted by Gasteiger charge is -2.22. The van der Waals surface area contributed by atoms with E-state index in [4.69, 9.17) is 4.74 Å². The maximum Gasteiger partial charge on any atom is 0.193 e. The molecule has 2 heterocycles. The molecule has 1 N–H and O–H groups in total. The van der Waals surface area contributed by atoms with Gasteiger partial charge in [-0.05, 0) is 29.5 Å². The van der Waals surface area contributed by atoms with Crippen molar-refractivity contribution in [3.63, 3.8) is 0 Å². The molecule has 1 aliphatic heterocycles. The summed E-state index contributed by atoms with van der Waals surface area (Å²) in [4.78, 5) is 6.77. The molecule has 1 aliphatic rings. The zero-order valence-corrected chi connectivity index (χ0v) is 16.9. The number of aliphatic imine (C=N–C) groups is 1. The van der Waals surface area contributed by atoms with Crippen LogP contribution in [-0.2, 0) is 7.05 Å². The Labute approximate surface area is 162 Å². The van der Waals surface area contributed by atoms with Gasteiger partial charge in [-0.25, -0.2) is 0 Å². The molecule has 27 heavy (non-hydrogen) atoms. The van der Waals surface area contributed by atoms with Crippen molar-refractivity contribution in [2.75, 3.05) is 33.3 Å². The molecular formula is C21H31N5O. The van der Waals surface area contributed by atoms with E-state index < -0.39 is 0 Å². The van der Waals surface area contributed by atoms with E-state index in [0.717, 1.165) is 37.8 Å². The minimum Gasteiger partial charge on any atom is -0.491 e. The third-order valence-electron chi connectivity index (χ3n) is 5.08. The summed E-state index contributed by atoms with van der Waals surface area (Å²) in [6.45, 7) is 7.71.